The Morgan fingerprint density at radius 1 is 0.360 bits per heavy atom. The van der Waals surface area contributed by atoms with E-state index in [0.29, 0.717) is 6.61 Å². The maximum absolute atomic E-state index is 8.70. The Hall–Kier alpha value is -0.0800. The molecule has 0 spiro atoms. The summed E-state index contributed by atoms with van der Waals surface area (Å²) in [6.45, 7) is 4.60. The second kappa shape index (κ2) is 28.7. The highest BCUT2D eigenvalue weighted by Gasteiger charge is 1.94. The smallest absolute Gasteiger partial charge is 0.0431 e. The monoisotopic (exact) mass is 358 g/mol. The van der Waals surface area contributed by atoms with Crippen LogP contribution in [0.2, 0.25) is 0 Å². The van der Waals surface area contributed by atoms with E-state index in [4.69, 9.17) is 10.2 Å². The van der Waals surface area contributed by atoms with E-state index < -0.39 is 0 Å². The van der Waals surface area contributed by atoms with Crippen molar-refractivity contribution in [2.75, 3.05) is 13.2 Å². The molecule has 2 N–H and O–H groups in total. The molecule has 0 heterocycles. The molecule has 0 atom stereocenters. The van der Waals surface area contributed by atoms with E-state index in [0.717, 1.165) is 6.42 Å². The Labute approximate surface area is 159 Å². The van der Waals surface area contributed by atoms with Gasteiger partial charge in [0.25, 0.3) is 0 Å². The van der Waals surface area contributed by atoms with E-state index >= 15 is 0 Å². The zero-order chi connectivity index (χ0) is 18.8. The molecule has 0 radical (unpaired) electrons. The molecule has 0 unspecified atom stereocenters. The van der Waals surface area contributed by atoms with Crippen molar-refractivity contribution in [1.29, 1.82) is 0 Å². The predicted octanol–water partition coefficient (Wildman–Crippen LogP) is 7.41. The summed E-state index contributed by atoms with van der Waals surface area (Å²) in [5, 5.41) is 16.3. The first-order chi connectivity index (χ1) is 12.3. The Balaban J connectivity index is 0. The van der Waals surface area contributed by atoms with Crippen LogP contribution in [-0.4, -0.2) is 23.4 Å². The van der Waals surface area contributed by atoms with Crippen LogP contribution < -0.4 is 0 Å². The molecular formula is C23H50O2. The van der Waals surface area contributed by atoms with E-state index in [9.17, 15) is 0 Å². The number of hydrogen-bond donors (Lipinski definition) is 2. The Morgan fingerprint density at radius 2 is 0.560 bits per heavy atom. The van der Waals surface area contributed by atoms with Crippen molar-refractivity contribution in [3.8, 4) is 0 Å². The third-order valence-electron chi connectivity index (χ3n) is 4.76. The van der Waals surface area contributed by atoms with E-state index in [1.54, 1.807) is 6.92 Å². The van der Waals surface area contributed by atoms with Gasteiger partial charge in [-0.15, -0.1) is 0 Å². The predicted molar refractivity (Wildman–Crippen MR) is 113 cm³/mol. The van der Waals surface area contributed by atoms with E-state index in [-0.39, 0.29) is 6.61 Å². The maximum Gasteiger partial charge on any atom is 0.0431 e. The number of hydrogen-bond acceptors (Lipinski definition) is 2. The molecule has 0 aliphatic carbocycles. The van der Waals surface area contributed by atoms with Crippen LogP contribution in [-0.2, 0) is 0 Å². The average molecular weight is 359 g/mol. The summed E-state index contributed by atoms with van der Waals surface area (Å²) >= 11 is 0. The number of rotatable bonds is 19. The summed E-state index contributed by atoms with van der Waals surface area (Å²) in [5.74, 6) is 0. The van der Waals surface area contributed by atoms with Gasteiger partial charge in [0.15, 0.2) is 0 Å². The lowest BCUT2D eigenvalue weighted by atomic mass is 10.0. The summed E-state index contributed by atoms with van der Waals surface area (Å²) in [7, 11) is 0. The van der Waals surface area contributed by atoms with Crippen LogP contribution in [0.5, 0.6) is 0 Å². The summed E-state index contributed by atoms with van der Waals surface area (Å²) < 4.78 is 0. The highest BCUT2D eigenvalue weighted by atomic mass is 16.3. The van der Waals surface area contributed by atoms with Gasteiger partial charge in [-0.2, -0.15) is 0 Å². The molecule has 0 aromatic rings. The molecule has 0 aromatic heterocycles. The largest absolute Gasteiger partial charge is 0.397 e. The third kappa shape index (κ3) is 32.1. The molecular weight excluding hydrogens is 308 g/mol. The maximum atomic E-state index is 8.70. The van der Waals surface area contributed by atoms with Crippen LogP contribution in [0.25, 0.3) is 0 Å². The first kappa shape index (κ1) is 27.1. The van der Waals surface area contributed by atoms with Gasteiger partial charge in [0.1, 0.15) is 0 Å². The average Bonchev–Trinajstić information content (AvgIpc) is 2.61. The van der Waals surface area contributed by atoms with Gasteiger partial charge in [-0.3, -0.25) is 0 Å². The van der Waals surface area contributed by atoms with Crippen molar-refractivity contribution < 1.29 is 10.2 Å². The minimum absolute atomic E-state index is 0.250. The standard InChI is InChI=1S/C21H44O.C2H6O/c1-2-3-4-5-6-7-8-9-10-11-12-13-14-15-16-17-18-19-20-21-22;1-2-3/h22H,2-21H2,1H3;3H,2H2,1H3. The molecule has 2 nitrogen and oxygen atoms in total. The van der Waals surface area contributed by atoms with Gasteiger partial charge in [-0.1, -0.05) is 122 Å². The van der Waals surface area contributed by atoms with Crippen molar-refractivity contribution >= 4 is 0 Å². The zero-order valence-corrected chi connectivity index (χ0v) is 17.7. The second-order valence-electron chi connectivity index (χ2n) is 7.40. The Bertz CT molecular complexity index is 175. The van der Waals surface area contributed by atoms with Crippen molar-refractivity contribution in [2.24, 2.45) is 0 Å². The summed E-state index contributed by atoms with van der Waals surface area (Å²) in [6, 6.07) is 0. The molecule has 0 fully saturated rings. The quantitative estimate of drug-likeness (QED) is 0.236. The van der Waals surface area contributed by atoms with Crippen LogP contribution >= 0.6 is 0 Å². The minimum atomic E-state index is 0.250. The van der Waals surface area contributed by atoms with Crippen molar-refractivity contribution in [3.05, 3.63) is 0 Å². The first-order valence-corrected chi connectivity index (χ1v) is 11.5. The molecule has 2 heteroatoms. The molecule has 0 amide bonds. The molecule has 0 rings (SSSR count). The number of aliphatic hydroxyl groups is 2. The van der Waals surface area contributed by atoms with Crippen LogP contribution in [0.3, 0.4) is 0 Å². The van der Waals surface area contributed by atoms with Gasteiger partial charge in [0.05, 0.1) is 0 Å². The van der Waals surface area contributed by atoms with Crippen LogP contribution in [0.4, 0.5) is 0 Å². The van der Waals surface area contributed by atoms with Gasteiger partial charge in [0, 0.05) is 13.2 Å². The minimum Gasteiger partial charge on any atom is -0.397 e. The topological polar surface area (TPSA) is 40.5 Å². The number of unbranched alkanes of at least 4 members (excludes halogenated alkanes) is 18. The Morgan fingerprint density at radius 3 is 0.760 bits per heavy atom. The lowest BCUT2D eigenvalue weighted by Crippen LogP contribution is -1.85. The van der Waals surface area contributed by atoms with E-state index in [1.807, 2.05) is 0 Å². The van der Waals surface area contributed by atoms with Gasteiger partial charge in [-0.05, 0) is 13.3 Å². The molecule has 0 saturated carbocycles. The summed E-state index contributed by atoms with van der Waals surface area (Å²) in [4.78, 5) is 0. The van der Waals surface area contributed by atoms with Gasteiger partial charge < -0.3 is 10.2 Å². The van der Waals surface area contributed by atoms with Crippen molar-refractivity contribution in [3.63, 3.8) is 0 Å². The molecule has 154 valence electrons. The lowest BCUT2D eigenvalue weighted by Gasteiger charge is -2.03. The summed E-state index contributed by atoms with van der Waals surface area (Å²) in [6.07, 6.45) is 26.6. The zero-order valence-electron chi connectivity index (χ0n) is 17.7. The highest BCUT2D eigenvalue weighted by molar-refractivity contribution is 4.50. The fourth-order valence-corrected chi connectivity index (χ4v) is 3.19. The molecule has 0 saturated heterocycles. The normalized spacial score (nSPS) is 10.6. The fourth-order valence-electron chi connectivity index (χ4n) is 3.19. The molecule has 0 aromatic carbocycles. The van der Waals surface area contributed by atoms with Gasteiger partial charge in [-0.25, -0.2) is 0 Å². The first-order valence-electron chi connectivity index (χ1n) is 11.5. The van der Waals surface area contributed by atoms with Gasteiger partial charge in [0.2, 0.25) is 0 Å². The molecule has 0 bridgehead atoms. The van der Waals surface area contributed by atoms with Gasteiger partial charge >= 0.3 is 0 Å². The SMILES string of the molecule is CCCCCCCCCCCCCCCCCCCCCO.CCO. The fraction of sp³-hybridized carbons (Fsp3) is 1.00. The second-order valence-corrected chi connectivity index (χ2v) is 7.40. The van der Waals surface area contributed by atoms with Crippen LogP contribution in [0, 0.1) is 0 Å². The van der Waals surface area contributed by atoms with Crippen molar-refractivity contribution in [1.82, 2.24) is 0 Å². The summed E-state index contributed by atoms with van der Waals surface area (Å²) in [5.41, 5.74) is 0. The van der Waals surface area contributed by atoms with Crippen LogP contribution in [0.1, 0.15) is 136 Å². The molecule has 25 heavy (non-hydrogen) atoms. The Kier molecular flexibility index (Phi) is 31.2. The molecule has 0 aliphatic rings. The molecule has 0 aliphatic heterocycles. The third-order valence-corrected chi connectivity index (χ3v) is 4.76. The van der Waals surface area contributed by atoms with E-state index in [2.05, 4.69) is 6.92 Å². The van der Waals surface area contributed by atoms with Crippen molar-refractivity contribution in [2.45, 2.75) is 136 Å². The number of aliphatic hydroxyl groups excluding tert-OH is 2. The van der Waals surface area contributed by atoms with E-state index in [1.165, 1.54) is 116 Å². The highest BCUT2D eigenvalue weighted by Crippen LogP contribution is 2.14. The van der Waals surface area contributed by atoms with Crippen LogP contribution in [0.15, 0.2) is 0 Å². The lowest BCUT2D eigenvalue weighted by molar-refractivity contribution is 0.282.